The highest BCUT2D eigenvalue weighted by Crippen LogP contribution is 2.25. The molecule has 1 aromatic rings. The minimum atomic E-state index is -4.13. The summed E-state index contributed by atoms with van der Waals surface area (Å²) in [4.78, 5) is 12.3. The molecule has 1 heterocycles. The summed E-state index contributed by atoms with van der Waals surface area (Å²) in [5.74, 6) is 1.24. The molecule has 1 amide bonds. The van der Waals surface area contributed by atoms with Crippen LogP contribution in [0, 0.1) is 0 Å². The lowest BCUT2D eigenvalue weighted by atomic mass is 10.1. The van der Waals surface area contributed by atoms with Gasteiger partial charge in [-0.15, -0.1) is 11.6 Å². The number of nitrogens with zero attached hydrogens (tertiary/aromatic N) is 1. The van der Waals surface area contributed by atoms with Crippen LogP contribution in [0.5, 0.6) is 5.75 Å². The lowest BCUT2D eigenvalue weighted by Gasteiger charge is -2.26. The van der Waals surface area contributed by atoms with Gasteiger partial charge in [-0.2, -0.15) is 12.7 Å². The highest BCUT2D eigenvalue weighted by Gasteiger charge is 2.44. The van der Waals surface area contributed by atoms with E-state index in [-0.39, 0.29) is 6.61 Å². The summed E-state index contributed by atoms with van der Waals surface area (Å²) in [5, 5.41) is 0. The predicted molar refractivity (Wildman–Crippen MR) is 97.7 cm³/mol. The van der Waals surface area contributed by atoms with Crippen LogP contribution in [0.2, 0.25) is 0 Å². The van der Waals surface area contributed by atoms with E-state index in [1.165, 1.54) is 0 Å². The van der Waals surface area contributed by atoms with Crippen LogP contribution in [0.1, 0.15) is 32.8 Å². The molecule has 0 radical (unpaired) electrons. The number of benzene rings is 1. The van der Waals surface area contributed by atoms with Crippen LogP contribution in [0.25, 0.3) is 0 Å². The molecule has 0 bridgehead atoms. The molecule has 146 valence electrons. The summed E-state index contributed by atoms with van der Waals surface area (Å²) < 4.78 is 40.4. The first kappa shape index (κ1) is 20.8. The summed E-state index contributed by atoms with van der Waals surface area (Å²) in [5.41, 5.74) is 0.0517. The summed E-state index contributed by atoms with van der Waals surface area (Å²) in [6.45, 7) is 5.45. The number of halogens is 1. The molecule has 1 aliphatic heterocycles. The fourth-order valence-corrected chi connectivity index (χ4v) is 3.67. The maximum absolute atomic E-state index is 12.3. The fraction of sp³-hybridized carbons (Fsp3) is 0.588. The van der Waals surface area contributed by atoms with Gasteiger partial charge >= 0.3 is 16.4 Å². The fourth-order valence-electron chi connectivity index (χ4n) is 2.40. The molecule has 1 saturated heterocycles. The number of hydrogen-bond donors (Lipinski definition) is 0. The maximum atomic E-state index is 12.3. The van der Waals surface area contributed by atoms with Crippen LogP contribution >= 0.6 is 11.6 Å². The van der Waals surface area contributed by atoms with E-state index in [2.05, 4.69) is 0 Å². The zero-order valence-corrected chi connectivity index (χ0v) is 16.7. The lowest BCUT2D eigenvalue weighted by Crippen LogP contribution is -2.43. The highest BCUT2D eigenvalue weighted by atomic mass is 35.5. The van der Waals surface area contributed by atoms with Gasteiger partial charge in [0.1, 0.15) is 11.4 Å². The quantitative estimate of drug-likeness (QED) is 0.534. The van der Waals surface area contributed by atoms with Crippen molar-refractivity contribution in [3.8, 4) is 5.75 Å². The Morgan fingerprint density at radius 2 is 1.96 bits per heavy atom. The van der Waals surface area contributed by atoms with Gasteiger partial charge in [-0.05, 0) is 51.3 Å². The van der Waals surface area contributed by atoms with E-state index in [0.717, 1.165) is 12.0 Å². The first-order chi connectivity index (χ1) is 12.1. The van der Waals surface area contributed by atoms with E-state index in [1.807, 2.05) is 12.1 Å². The topological polar surface area (TPSA) is 82.1 Å². The molecule has 9 heteroatoms. The Bertz CT molecular complexity index is 714. The summed E-state index contributed by atoms with van der Waals surface area (Å²) >= 11 is 5.61. The van der Waals surface area contributed by atoms with E-state index in [4.69, 9.17) is 25.3 Å². The molecule has 0 spiro atoms. The summed E-state index contributed by atoms with van der Waals surface area (Å²) in [7, 11) is -4.13. The molecule has 0 saturated carbocycles. The highest BCUT2D eigenvalue weighted by molar-refractivity contribution is 7.85. The Morgan fingerprint density at radius 3 is 2.54 bits per heavy atom. The van der Waals surface area contributed by atoms with Crippen LogP contribution in [-0.2, 0) is 25.6 Å². The van der Waals surface area contributed by atoms with E-state index in [9.17, 15) is 13.2 Å². The van der Waals surface area contributed by atoms with Gasteiger partial charge in [0.15, 0.2) is 0 Å². The number of carbonyl (C=O) groups is 1. The Labute approximate surface area is 159 Å². The van der Waals surface area contributed by atoms with Gasteiger partial charge in [0, 0.05) is 5.88 Å². The van der Waals surface area contributed by atoms with Crippen molar-refractivity contribution in [3.63, 3.8) is 0 Å². The van der Waals surface area contributed by atoms with Crippen molar-refractivity contribution in [1.29, 1.82) is 0 Å². The maximum Gasteiger partial charge on any atom is 0.426 e. The third-order valence-corrected chi connectivity index (χ3v) is 5.13. The van der Waals surface area contributed by atoms with E-state index < -0.39 is 28.0 Å². The Hall–Kier alpha value is -1.51. The Balaban J connectivity index is 2.06. The monoisotopic (exact) mass is 405 g/mol. The second-order valence-electron chi connectivity index (χ2n) is 6.91. The first-order valence-electron chi connectivity index (χ1n) is 8.32. The van der Waals surface area contributed by atoms with Gasteiger partial charge < -0.3 is 9.47 Å². The number of hydrogen-bond acceptors (Lipinski definition) is 6. The predicted octanol–water partition coefficient (Wildman–Crippen LogP) is 3.12. The minimum absolute atomic E-state index is 0.102. The van der Waals surface area contributed by atoms with Crippen molar-refractivity contribution < 1.29 is 26.9 Å². The molecule has 0 aromatic heterocycles. The average molecular weight is 406 g/mol. The summed E-state index contributed by atoms with van der Waals surface area (Å²) in [6, 6.07) is 6.60. The second-order valence-corrected chi connectivity index (χ2v) is 8.77. The number of rotatable bonds is 6. The molecule has 0 aliphatic carbocycles. The Morgan fingerprint density at radius 1 is 1.31 bits per heavy atom. The van der Waals surface area contributed by atoms with E-state index in [0.29, 0.717) is 29.0 Å². The molecule has 2 rings (SSSR count). The van der Waals surface area contributed by atoms with Gasteiger partial charge in [-0.25, -0.2) is 4.79 Å². The molecule has 0 unspecified atom stereocenters. The zero-order chi connectivity index (χ0) is 19.4. The third-order valence-electron chi connectivity index (χ3n) is 3.50. The van der Waals surface area contributed by atoms with Crippen LogP contribution in [0.4, 0.5) is 4.79 Å². The Kier molecular flexibility index (Phi) is 6.76. The standard InChI is InChI=1S/C17H24ClNO6S/c1-17(2,3)25-16(20)19-14(12-24-26(19,21)22)11-13-5-7-15(8-6-13)23-10-4-9-18/h5-8,14H,4,9-12H2,1-3H3/t14-/m0/s1. The van der Waals surface area contributed by atoms with E-state index >= 15 is 0 Å². The largest absolute Gasteiger partial charge is 0.494 e. The van der Waals surface area contributed by atoms with Crippen molar-refractivity contribution in [1.82, 2.24) is 4.31 Å². The SMILES string of the molecule is CC(C)(C)OC(=O)N1[C@@H](Cc2ccc(OCCCCl)cc2)COS1(=O)=O. The molecule has 1 atom stereocenters. The average Bonchev–Trinajstić information content (AvgIpc) is 2.82. The number of alkyl halides is 1. The molecule has 1 fully saturated rings. The number of carbonyl (C=O) groups excluding carboxylic acids is 1. The van der Waals surface area contributed by atoms with Crippen LogP contribution in [0.15, 0.2) is 24.3 Å². The zero-order valence-electron chi connectivity index (χ0n) is 15.1. The van der Waals surface area contributed by atoms with Crippen molar-refractivity contribution in [3.05, 3.63) is 29.8 Å². The molecular weight excluding hydrogens is 382 g/mol. The number of ether oxygens (including phenoxy) is 2. The number of amides is 1. The van der Waals surface area contributed by atoms with Crippen molar-refractivity contribution in [2.24, 2.45) is 0 Å². The minimum Gasteiger partial charge on any atom is -0.494 e. The van der Waals surface area contributed by atoms with Crippen LogP contribution in [0.3, 0.4) is 0 Å². The van der Waals surface area contributed by atoms with Gasteiger partial charge in [0.25, 0.3) is 0 Å². The first-order valence-corrected chi connectivity index (χ1v) is 10.2. The molecule has 0 N–H and O–H groups in total. The van der Waals surface area contributed by atoms with E-state index in [1.54, 1.807) is 32.9 Å². The normalized spacial score (nSPS) is 19.4. The smallest absolute Gasteiger partial charge is 0.426 e. The summed E-state index contributed by atoms with van der Waals surface area (Å²) in [6.07, 6.45) is 0.146. The lowest BCUT2D eigenvalue weighted by molar-refractivity contribution is 0.0357. The van der Waals surface area contributed by atoms with Gasteiger partial charge in [-0.1, -0.05) is 12.1 Å². The van der Waals surface area contributed by atoms with Gasteiger partial charge in [0.05, 0.1) is 19.3 Å². The van der Waals surface area contributed by atoms with Crippen molar-refractivity contribution in [2.45, 2.75) is 45.3 Å². The molecule has 1 aliphatic rings. The van der Waals surface area contributed by atoms with Gasteiger partial charge in [0.2, 0.25) is 0 Å². The van der Waals surface area contributed by atoms with Crippen molar-refractivity contribution >= 4 is 28.0 Å². The molecule has 7 nitrogen and oxygen atoms in total. The molecule has 26 heavy (non-hydrogen) atoms. The van der Waals surface area contributed by atoms with Crippen LogP contribution in [-0.4, -0.2) is 49.6 Å². The van der Waals surface area contributed by atoms with Gasteiger partial charge in [-0.3, -0.25) is 4.18 Å². The van der Waals surface area contributed by atoms with Crippen LogP contribution < -0.4 is 4.74 Å². The second kappa shape index (κ2) is 8.45. The third kappa shape index (κ3) is 5.75. The molecule has 1 aromatic carbocycles. The molecular formula is C17H24ClNO6S. The van der Waals surface area contributed by atoms with Crippen molar-refractivity contribution in [2.75, 3.05) is 19.1 Å².